The third-order valence-corrected chi connectivity index (χ3v) is 2.45. The van der Waals surface area contributed by atoms with E-state index in [1.807, 2.05) is 13.1 Å². The molecular formula is C12H13F2N3. The predicted octanol–water partition coefficient (Wildman–Crippen LogP) is 2.79. The molecule has 1 aromatic carbocycles. The molecule has 1 aromatic heterocycles. The molecule has 2 aromatic rings. The molecule has 0 unspecified atom stereocenters. The lowest BCUT2D eigenvalue weighted by Gasteiger charge is -2.05. The Morgan fingerprint density at radius 1 is 1.35 bits per heavy atom. The van der Waals surface area contributed by atoms with Gasteiger partial charge in [-0.3, -0.25) is 4.68 Å². The van der Waals surface area contributed by atoms with Crippen molar-refractivity contribution in [3.63, 3.8) is 0 Å². The van der Waals surface area contributed by atoms with E-state index in [9.17, 15) is 8.78 Å². The number of nitrogens with zero attached hydrogens (tertiary/aromatic N) is 2. The molecule has 0 amide bonds. The second-order valence-electron chi connectivity index (χ2n) is 3.67. The molecule has 0 aliphatic carbocycles. The van der Waals surface area contributed by atoms with Gasteiger partial charge in [-0.25, -0.2) is 8.78 Å². The molecule has 0 saturated carbocycles. The van der Waals surface area contributed by atoms with Crippen LogP contribution in [0.2, 0.25) is 0 Å². The highest BCUT2D eigenvalue weighted by Gasteiger charge is 2.04. The Hall–Kier alpha value is -1.91. The summed E-state index contributed by atoms with van der Waals surface area (Å²) in [4.78, 5) is 0. The molecular weight excluding hydrogens is 224 g/mol. The van der Waals surface area contributed by atoms with Gasteiger partial charge in [-0.15, -0.1) is 0 Å². The van der Waals surface area contributed by atoms with Crippen LogP contribution in [0.3, 0.4) is 0 Å². The number of rotatable bonds is 4. The van der Waals surface area contributed by atoms with Gasteiger partial charge in [-0.05, 0) is 25.1 Å². The summed E-state index contributed by atoms with van der Waals surface area (Å²) in [5.41, 5.74) is 1.09. The number of anilines is 1. The monoisotopic (exact) mass is 237 g/mol. The van der Waals surface area contributed by atoms with Gasteiger partial charge in [0.25, 0.3) is 0 Å². The Kier molecular flexibility index (Phi) is 3.37. The van der Waals surface area contributed by atoms with E-state index < -0.39 is 11.6 Å². The van der Waals surface area contributed by atoms with E-state index in [2.05, 4.69) is 10.4 Å². The Bertz CT molecular complexity index is 508. The molecule has 0 bridgehead atoms. The van der Waals surface area contributed by atoms with Gasteiger partial charge in [0.2, 0.25) is 0 Å². The van der Waals surface area contributed by atoms with E-state index in [1.54, 1.807) is 10.9 Å². The number of aromatic nitrogens is 2. The lowest BCUT2D eigenvalue weighted by Crippen LogP contribution is -2.01. The van der Waals surface area contributed by atoms with Crippen LogP contribution < -0.4 is 5.32 Å². The zero-order chi connectivity index (χ0) is 12.3. The number of benzene rings is 1. The highest BCUT2D eigenvalue weighted by Crippen LogP contribution is 2.12. The molecule has 2 rings (SSSR count). The largest absolute Gasteiger partial charge is 0.378 e. The second-order valence-corrected chi connectivity index (χ2v) is 3.67. The molecule has 5 heteroatoms. The molecule has 3 nitrogen and oxygen atoms in total. The summed E-state index contributed by atoms with van der Waals surface area (Å²) in [7, 11) is 0. The average molecular weight is 237 g/mol. The van der Waals surface area contributed by atoms with E-state index in [0.29, 0.717) is 5.56 Å². The molecule has 1 N–H and O–H groups in total. The van der Waals surface area contributed by atoms with Crippen LogP contribution in [0.1, 0.15) is 12.5 Å². The van der Waals surface area contributed by atoms with Gasteiger partial charge in [0.05, 0.1) is 11.9 Å². The van der Waals surface area contributed by atoms with E-state index >= 15 is 0 Å². The van der Waals surface area contributed by atoms with Crippen LogP contribution in [-0.4, -0.2) is 9.78 Å². The Morgan fingerprint density at radius 2 is 2.18 bits per heavy atom. The van der Waals surface area contributed by atoms with Crippen molar-refractivity contribution in [3.05, 3.63) is 47.8 Å². The fraction of sp³-hybridized carbons (Fsp3) is 0.250. The average Bonchev–Trinajstić information content (AvgIpc) is 2.78. The minimum Gasteiger partial charge on any atom is -0.378 e. The highest BCUT2D eigenvalue weighted by atomic mass is 19.1. The van der Waals surface area contributed by atoms with Gasteiger partial charge < -0.3 is 5.32 Å². The molecule has 0 saturated heterocycles. The Balaban J connectivity index is 2.04. The van der Waals surface area contributed by atoms with E-state index in [1.165, 1.54) is 6.07 Å². The maximum atomic E-state index is 13.3. The van der Waals surface area contributed by atoms with Crippen molar-refractivity contribution < 1.29 is 8.78 Å². The normalized spacial score (nSPS) is 10.5. The van der Waals surface area contributed by atoms with E-state index in [-0.39, 0.29) is 6.54 Å². The van der Waals surface area contributed by atoms with E-state index in [0.717, 1.165) is 24.4 Å². The smallest absolute Gasteiger partial charge is 0.128 e. The first kappa shape index (κ1) is 11.6. The van der Waals surface area contributed by atoms with Gasteiger partial charge in [0, 0.05) is 24.8 Å². The molecule has 0 atom stereocenters. The van der Waals surface area contributed by atoms with Crippen LogP contribution in [0.25, 0.3) is 0 Å². The minimum absolute atomic E-state index is 0.235. The molecule has 90 valence electrons. The van der Waals surface area contributed by atoms with Crippen molar-refractivity contribution in [1.29, 1.82) is 0 Å². The van der Waals surface area contributed by atoms with Gasteiger partial charge in [0.1, 0.15) is 11.6 Å². The van der Waals surface area contributed by atoms with Crippen LogP contribution in [0, 0.1) is 11.6 Å². The van der Waals surface area contributed by atoms with Crippen molar-refractivity contribution in [2.24, 2.45) is 0 Å². The fourth-order valence-electron chi connectivity index (χ4n) is 1.50. The van der Waals surface area contributed by atoms with Crippen molar-refractivity contribution in [2.45, 2.75) is 20.0 Å². The first-order valence-corrected chi connectivity index (χ1v) is 5.39. The first-order chi connectivity index (χ1) is 8.19. The van der Waals surface area contributed by atoms with Gasteiger partial charge >= 0.3 is 0 Å². The summed E-state index contributed by atoms with van der Waals surface area (Å²) >= 11 is 0. The van der Waals surface area contributed by atoms with Crippen molar-refractivity contribution in [1.82, 2.24) is 9.78 Å². The Labute approximate surface area is 98.1 Å². The fourth-order valence-corrected chi connectivity index (χ4v) is 1.50. The summed E-state index contributed by atoms with van der Waals surface area (Å²) in [5.74, 6) is -0.853. The summed E-state index contributed by atoms with van der Waals surface area (Å²) in [6.07, 6.45) is 3.47. The third kappa shape index (κ3) is 2.81. The van der Waals surface area contributed by atoms with Gasteiger partial charge in [0.15, 0.2) is 0 Å². The lowest BCUT2D eigenvalue weighted by atomic mass is 10.2. The molecule has 0 fully saturated rings. The molecule has 0 aliphatic heterocycles. The third-order valence-electron chi connectivity index (χ3n) is 2.45. The minimum atomic E-state index is -0.438. The quantitative estimate of drug-likeness (QED) is 0.886. The molecule has 0 spiro atoms. The number of hydrogen-bond donors (Lipinski definition) is 1. The number of nitrogens with one attached hydrogen (secondary N) is 1. The molecule has 0 aliphatic rings. The van der Waals surface area contributed by atoms with Crippen molar-refractivity contribution in [3.8, 4) is 0 Å². The second kappa shape index (κ2) is 4.95. The summed E-state index contributed by atoms with van der Waals surface area (Å²) < 4.78 is 28.0. The zero-order valence-corrected chi connectivity index (χ0v) is 9.45. The summed E-state index contributed by atoms with van der Waals surface area (Å²) in [6.45, 7) is 2.98. The van der Waals surface area contributed by atoms with Crippen molar-refractivity contribution in [2.75, 3.05) is 5.32 Å². The number of halogens is 2. The standard InChI is InChI=1S/C12H13F2N3/c1-2-17-8-11(7-16-17)15-6-9-5-10(13)3-4-12(9)14/h3-5,7-8,15H,2,6H2,1H3. The maximum Gasteiger partial charge on any atom is 0.128 e. The highest BCUT2D eigenvalue weighted by molar-refractivity contribution is 5.39. The summed E-state index contributed by atoms with van der Waals surface area (Å²) in [5, 5.41) is 7.07. The van der Waals surface area contributed by atoms with Crippen LogP contribution in [-0.2, 0) is 13.1 Å². The first-order valence-electron chi connectivity index (χ1n) is 5.39. The van der Waals surface area contributed by atoms with Crippen LogP contribution in [0.15, 0.2) is 30.6 Å². The number of hydrogen-bond acceptors (Lipinski definition) is 2. The molecule has 0 radical (unpaired) electrons. The number of aryl methyl sites for hydroxylation is 1. The van der Waals surface area contributed by atoms with Crippen LogP contribution in [0.5, 0.6) is 0 Å². The lowest BCUT2D eigenvalue weighted by molar-refractivity contribution is 0.587. The topological polar surface area (TPSA) is 29.9 Å². The summed E-state index contributed by atoms with van der Waals surface area (Å²) in [6, 6.07) is 3.42. The van der Waals surface area contributed by atoms with Crippen molar-refractivity contribution >= 4 is 5.69 Å². The van der Waals surface area contributed by atoms with Gasteiger partial charge in [-0.2, -0.15) is 5.10 Å². The van der Waals surface area contributed by atoms with Gasteiger partial charge in [-0.1, -0.05) is 0 Å². The van der Waals surface area contributed by atoms with E-state index in [4.69, 9.17) is 0 Å². The molecule has 17 heavy (non-hydrogen) atoms. The maximum absolute atomic E-state index is 13.3. The predicted molar refractivity (Wildman–Crippen MR) is 61.6 cm³/mol. The van der Waals surface area contributed by atoms with Crippen LogP contribution in [0.4, 0.5) is 14.5 Å². The zero-order valence-electron chi connectivity index (χ0n) is 9.45. The SMILES string of the molecule is CCn1cc(NCc2cc(F)ccc2F)cn1. The Morgan fingerprint density at radius 3 is 2.88 bits per heavy atom. The van der Waals surface area contributed by atoms with Crippen LogP contribution >= 0.6 is 0 Å². The molecule has 1 heterocycles.